The molecule has 1 atom stereocenters. The maximum Gasteiger partial charge on any atom is 0.416 e. The molecule has 0 saturated carbocycles. The lowest BCUT2D eigenvalue weighted by molar-refractivity contribution is -0.137. The van der Waals surface area contributed by atoms with Crippen molar-refractivity contribution in [2.24, 2.45) is 0 Å². The zero-order chi connectivity index (χ0) is 21.6. The third-order valence-electron chi connectivity index (χ3n) is 4.58. The van der Waals surface area contributed by atoms with E-state index in [-0.39, 0.29) is 21.8 Å². The Morgan fingerprint density at radius 1 is 1.17 bits per heavy atom. The van der Waals surface area contributed by atoms with Crippen LogP contribution in [0, 0.1) is 12.7 Å². The van der Waals surface area contributed by atoms with Gasteiger partial charge in [0.25, 0.3) is 0 Å². The Labute approximate surface area is 165 Å². The monoisotopic (exact) mass is 429 g/mol. The van der Waals surface area contributed by atoms with Crippen molar-refractivity contribution in [3.05, 3.63) is 59.2 Å². The molecule has 3 aromatic rings. The van der Waals surface area contributed by atoms with E-state index in [0.29, 0.717) is 12.1 Å². The van der Waals surface area contributed by atoms with Gasteiger partial charge in [-0.3, -0.25) is 0 Å². The molecule has 10 heteroatoms. The summed E-state index contributed by atoms with van der Waals surface area (Å²) >= 11 is 0. The predicted octanol–water partition coefficient (Wildman–Crippen LogP) is 4.56. The lowest BCUT2D eigenvalue weighted by Gasteiger charge is -2.16. The third kappa shape index (κ3) is 4.13. The van der Waals surface area contributed by atoms with Gasteiger partial charge in [-0.05, 0) is 62.7 Å². The predicted molar refractivity (Wildman–Crippen MR) is 100 cm³/mol. The van der Waals surface area contributed by atoms with E-state index in [1.165, 1.54) is 23.6 Å². The van der Waals surface area contributed by atoms with Crippen LogP contribution in [0.5, 0.6) is 0 Å². The van der Waals surface area contributed by atoms with Crippen LogP contribution in [0.2, 0.25) is 0 Å². The highest BCUT2D eigenvalue weighted by Gasteiger charge is 2.31. The number of aryl methyl sites for hydroxylation is 2. The van der Waals surface area contributed by atoms with Gasteiger partial charge >= 0.3 is 6.18 Å². The van der Waals surface area contributed by atoms with Crippen molar-refractivity contribution < 1.29 is 26.0 Å². The molecule has 0 radical (unpaired) electrons. The smallest absolute Gasteiger partial charge is 0.327 e. The molecule has 1 heterocycles. The summed E-state index contributed by atoms with van der Waals surface area (Å²) in [7, 11) is -3.99. The fourth-order valence-corrected chi connectivity index (χ4v) is 4.40. The molecular weight excluding hydrogens is 410 g/mol. The summed E-state index contributed by atoms with van der Waals surface area (Å²) < 4.78 is 81.9. The molecule has 0 aliphatic heterocycles. The lowest BCUT2D eigenvalue weighted by Crippen LogP contribution is -2.29. The van der Waals surface area contributed by atoms with Crippen molar-refractivity contribution >= 4 is 21.1 Å². The molecule has 2 aromatic carbocycles. The number of imidazole rings is 1. The molecule has 0 spiro atoms. The van der Waals surface area contributed by atoms with Crippen molar-refractivity contribution in [2.75, 3.05) is 0 Å². The number of fused-ring (bicyclic) bond motifs is 1. The molecule has 0 amide bonds. The van der Waals surface area contributed by atoms with Crippen molar-refractivity contribution in [1.29, 1.82) is 0 Å². The summed E-state index contributed by atoms with van der Waals surface area (Å²) in [5, 5.41) is 0. The zero-order valence-corrected chi connectivity index (χ0v) is 16.7. The van der Waals surface area contributed by atoms with Crippen LogP contribution in [0.25, 0.3) is 11.0 Å². The second kappa shape index (κ2) is 7.42. The van der Waals surface area contributed by atoms with Crippen LogP contribution < -0.4 is 4.72 Å². The Balaban J connectivity index is 2.00. The fraction of sp³-hybridized carbons (Fsp3) is 0.316. The van der Waals surface area contributed by atoms with E-state index in [1.807, 2.05) is 0 Å². The molecule has 0 saturated heterocycles. The number of alkyl halides is 3. The first kappa shape index (κ1) is 21.3. The number of benzene rings is 2. The van der Waals surface area contributed by atoms with Crippen LogP contribution in [-0.4, -0.2) is 18.0 Å². The Bertz CT molecular complexity index is 1170. The first-order valence-electron chi connectivity index (χ1n) is 8.80. The van der Waals surface area contributed by atoms with Gasteiger partial charge in [0.2, 0.25) is 10.0 Å². The molecule has 156 valence electrons. The van der Waals surface area contributed by atoms with E-state index in [2.05, 4.69) is 9.71 Å². The maximum atomic E-state index is 13.4. The van der Waals surface area contributed by atoms with Crippen LogP contribution in [0.3, 0.4) is 0 Å². The molecule has 0 aliphatic carbocycles. The van der Waals surface area contributed by atoms with Gasteiger partial charge in [0.1, 0.15) is 11.6 Å². The van der Waals surface area contributed by atoms with Crippen molar-refractivity contribution in [2.45, 2.75) is 44.4 Å². The van der Waals surface area contributed by atoms with Crippen LogP contribution in [0.4, 0.5) is 17.6 Å². The fourth-order valence-electron chi connectivity index (χ4n) is 3.12. The van der Waals surface area contributed by atoms with Crippen LogP contribution >= 0.6 is 0 Å². The molecule has 5 nitrogen and oxygen atoms in total. The highest BCUT2D eigenvalue weighted by molar-refractivity contribution is 7.89. The number of rotatable bonds is 5. The highest BCUT2D eigenvalue weighted by atomic mass is 32.2. The minimum atomic E-state index is -4.50. The quantitative estimate of drug-likeness (QED) is 0.605. The number of hydrogen-bond donors (Lipinski definition) is 1. The van der Waals surface area contributed by atoms with E-state index in [4.69, 9.17) is 0 Å². The standard InChI is InChI=1S/C19H19F4N3O2S/c1-4-26-17-10-13(19(21,22)23)5-8-16(17)24-18(26)12(3)25-29(27,28)14-6-7-15(20)11(2)9-14/h5-10,12,25H,4H2,1-3H3/t12-/m1/s1. The lowest BCUT2D eigenvalue weighted by atomic mass is 10.2. The van der Waals surface area contributed by atoms with Gasteiger partial charge in [-0.15, -0.1) is 0 Å². The van der Waals surface area contributed by atoms with E-state index >= 15 is 0 Å². The van der Waals surface area contributed by atoms with Crippen molar-refractivity contribution in [1.82, 2.24) is 14.3 Å². The van der Waals surface area contributed by atoms with Crippen molar-refractivity contribution in [3.8, 4) is 0 Å². The molecule has 0 fully saturated rings. The Hall–Kier alpha value is -2.46. The Morgan fingerprint density at radius 3 is 2.45 bits per heavy atom. The summed E-state index contributed by atoms with van der Waals surface area (Å²) in [6.45, 7) is 5.03. The number of aromatic nitrogens is 2. The number of hydrogen-bond acceptors (Lipinski definition) is 3. The molecule has 1 N–H and O–H groups in total. The molecule has 3 rings (SSSR count). The number of nitrogens with zero attached hydrogens (tertiary/aromatic N) is 2. The summed E-state index contributed by atoms with van der Waals surface area (Å²) in [5.41, 5.74) is -0.0262. The van der Waals surface area contributed by atoms with Gasteiger partial charge in [0, 0.05) is 6.54 Å². The van der Waals surface area contributed by atoms with Crippen molar-refractivity contribution in [3.63, 3.8) is 0 Å². The summed E-state index contributed by atoms with van der Waals surface area (Å²) in [6, 6.07) is 5.80. The van der Waals surface area contributed by atoms with E-state index in [1.54, 1.807) is 13.8 Å². The topological polar surface area (TPSA) is 64.0 Å². The summed E-state index contributed by atoms with van der Waals surface area (Å²) in [6.07, 6.45) is -4.50. The molecule has 0 unspecified atom stereocenters. The first-order chi connectivity index (χ1) is 13.4. The number of halogens is 4. The van der Waals surface area contributed by atoms with E-state index in [9.17, 15) is 26.0 Å². The minimum Gasteiger partial charge on any atom is -0.327 e. The SMILES string of the molecule is CCn1c([C@@H](C)NS(=O)(=O)c2ccc(F)c(C)c2)nc2ccc(C(F)(F)F)cc21. The largest absolute Gasteiger partial charge is 0.416 e. The average Bonchev–Trinajstić information content (AvgIpc) is 3.00. The summed E-state index contributed by atoms with van der Waals surface area (Å²) in [4.78, 5) is 4.22. The van der Waals surface area contributed by atoms with Crippen LogP contribution in [0.15, 0.2) is 41.3 Å². The van der Waals surface area contributed by atoms with Gasteiger partial charge in [-0.25, -0.2) is 22.5 Å². The Morgan fingerprint density at radius 2 is 1.86 bits per heavy atom. The van der Waals surface area contributed by atoms with Gasteiger partial charge in [-0.2, -0.15) is 13.2 Å². The van der Waals surface area contributed by atoms with E-state index < -0.39 is 33.6 Å². The molecule has 1 aromatic heterocycles. The van der Waals surface area contributed by atoms with Gasteiger partial charge in [0.15, 0.2) is 0 Å². The molecule has 0 aliphatic rings. The third-order valence-corrected chi connectivity index (χ3v) is 6.12. The zero-order valence-electron chi connectivity index (χ0n) is 15.9. The second-order valence-corrected chi connectivity index (χ2v) is 8.38. The van der Waals surface area contributed by atoms with Gasteiger partial charge < -0.3 is 4.57 Å². The minimum absolute atomic E-state index is 0.109. The number of nitrogens with one attached hydrogen (secondary N) is 1. The molecule has 29 heavy (non-hydrogen) atoms. The normalized spacial score (nSPS) is 13.8. The second-order valence-electron chi connectivity index (χ2n) is 6.67. The van der Waals surface area contributed by atoms with Gasteiger partial charge in [0.05, 0.1) is 27.5 Å². The Kier molecular flexibility index (Phi) is 5.44. The van der Waals surface area contributed by atoms with Gasteiger partial charge in [-0.1, -0.05) is 0 Å². The van der Waals surface area contributed by atoms with Crippen LogP contribution in [-0.2, 0) is 22.7 Å². The highest BCUT2D eigenvalue weighted by Crippen LogP contribution is 2.32. The summed E-state index contributed by atoms with van der Waals surface area (Å²) in [5.74, 6) is -0.241. The maximum absolute atomic E-state index is 13.4. The average molecular weight is 429 g/mol. The van der Waals surface area contributed by atoms with E-state index in [0.717, 1.165) is 24.3 Å². The first-order valence-corrected chi connectivity index (χ1v) is 10.3. The number of sulfonamides is 1. The molecular formula is C19H19F4N3O2S. The molecule has 0 bridgehead atoms. The van der Waals surface area contributed by atoms with Crippen LogP contribution in [0.1, 0.15) is 36.8 Å².